The van der Waals surface area contributed by atoms with Gasteiger partial charge in [0.1, 0.15) is 12.4 Å². The number of hydrogen-bond donors (Lipinski definition) is 1. The first-order valence-electron chi connectivity index (χ1n) is 16.5. The van der Waals surface area contributed by atoms with Crippen LogP contribution in [-0.4, -0.2) is 81.0 Å². The van der Waals surface area contributed by atoms with Crippen molar-refractivity contribution in [3.63, 3.8) is 0 Å². The molecule has 1 saturated carbocycles. The third-order valence-corrected chi connectivity index (χ3v) is 9.33. The fourth-order valence-corrected chi connectivity index (χ4v) is 6.55. The van der Waals surface area contributed by atoms with Crippen molar-refractivity contribution in [2.75, 3.05) is 51.9 Å². The summed E-state index contributed by atoms with van der Waals surface area (Å²) < 4.78 is 17.4. The van der Waals surface area contributed by atoms with Crippen LogP contribution >= 0.6 is 0 Å². The summed E-state index contributed by atoms with van der Waals surface area (Å²) in [5.74, 6) is 0.0903. The van der Waals surface area contributed by atoms with Gasteiger partial charge in [0.05, 0.1) is 31.9 Å². The Morgan fingerprint density at radius 1 is 1.17 bits per heavy atom. The Hall–Kier alpha value is -3.85. The Morgan fingerprint density at radius 3 is 2.65 bits per heavy atom. The molecule has 4 unspecified atom stereocenters. The van der Waals surface area contributed by atoms with Crippen molar-refractivity contribution >= 4 is 23.5 Å². The van der Waals surface area contributed by atoms with E-state index in [2.05, 4.69) is 36.9 Å². The number of carbonyl (C=O) groups is 3. The van der Waals surface area contributed by atoms with Crippen molar-refractivity contribution < 1.29 is 33.7 Å². The van der Waals surface area contributed by atoms with Crippen LogP contribution < -0.4 is 9.64 Å². The van der Waals surface area contributed by atoms with Gasteiger partial charge < -0.3 is 29.1 Å². The van der Waals surface area contributed by atoms with Crippen LogP contribution in [0.4, 0.5) is 5.69 Å². The molecule has 0 bridgehead atoms. The molecule has 4 atom stereocenters. The maximum atomic E-state index is 12.2. The van der Waals surface area contributed by atoms with E-state index in [0.29, 0.717) is 19.6 Å². The summed E-state index contributed by atoms with van der Waals surface area (Å²) in [6, 6.07) is 12.7. The molecular weight excluding hydrogens is 584 g/mol. The molecule has 9 nitrogen and oxygen atoms in total. The molecule has 1 aliphatic heterocycles. The van der Waals surface area contributed by atoms with Crippen molar-refractivity contribution in [3.8, 4) is 5.75 Å². The second-order valence-corrected chi connectivity index (χ2v) is 12.7. The van der Waals surface area contributed by atoms with Gasteiger partial charge in [0.25, 0.3) is 0 Å². The zero-order chi connectivity index (χ0) is 33.2. The molecule has 250 valence electrons. The quantitative estimate of drug-likeness (QED) is 0.200. The van der Waals surface area contributed by atoms with E-state index in [9.17, 15) is 19.5 Å². The predicted octanol–water partition coefficient (Wildman–Crippen LogP) is 5.57. The van der Waals surface area contributed by atoms with E-state index in [0.717, 1.165) is 55.8 Å². The van der Waals surface area contributed by atoms with E-state index in [1.165, 1.54) is 23.8 Å². The highest BCUT2D eigenvalue weighted by Gasteiger charge is 2.39. The number of fused-ring (bicyclic) bond motifs is 1. The molecule has 1 N–H and O–H groups in total. The number of carbonyl (C=O) groups excluding carboxylic acids is 2. The molecule has 0 radical (unpaired) electrons. The fourth-order valence-electron chi connectivity index (χ4n) is 6.55. The number of carboxylic acid groups (broad SMARTS) is 1. The zero-order valence-electron chi connectivity index (χ0n) is 28.0. The summed E-state index contributed by atoms with van der Waals surface area (Å²) in [5.41, 5.74) is 5.75. The highest BCUT2D eigenvalue weighted by molar-refractivity contribution is 5.74. The van der Waals surface area contributed by atoms with E-state index < -0.39 is 5.97 Å². The molecule has 1 heterocycles. The lowest BCUT2D eigenvalue weighted by Gasteiger charge is -2.44. The van der Waals surface area contributed by atoms with E-state index in [-0.39, 0.29) is 48.8 Å². The van der Waals surface area contributed by atoms with Crippen molar-refractivity contribution in [1.82, 2.24) is 4.90 Å². The van der Waals surface area contributed by atoms with E-state index in [4.69, 9.17) is 14.2 Å². The van der Waals surface area contributed by atoms with Crippen molar-refractivity contribution in [2.45, 2.75) is 71.3 Å². The lowest BCUT2D eigenvalue weighted by molar-refractivity contribution is -0.145. The smallest absolute Gasteiger partial charge is 0.329 e. The third-order valence-electron chi connectivity index (χ3n) is 9.33. The van der Waals surface area contributed by atoms with Gasteiger partial charge in [-0.2, -0.15) is 0 Å². The molecule has 2 aliphatic rings. The maximum Gasteiger partial charge on any atom is 0.329 e. The molecule has 1 fully saturated rings. The number of amides is 1. The minimum atomic E-state index is -0.994. The molecule has 46 heavy (non-hydrogen) atoms. The number of benzene rings is 2. The average molecular weight is 635 g/mol. The largest absolute Gasteiger partial charge is 0.491 e. The van der Waals surface area contributed by atoms with Crippen LogP contribution in [0.3, 0.4) is 0 Å². The SMILES string of the molecule is CCCc1cc(C)ccc1C1COc2ccc(CC(=O)OC)cc2N(CC2CCC2C(/C=C/CCN(C)C(C)=O)OCC(=O)O)C1. The lowest BCUT2D eigenvalue weighted by atomic mass is 9.70. The molecule has 1 aliphatic carbocycles. The summed E-state index contributed by atoms with van der Waals surface area (Å²) in [6.07, 6.45) is 8.49. The van der Waals surface area contributed by atoms with Crippen LogP contribution in [0.25, 0.3) is 0 Å². The number of hydrogen-bond acceptors (Lipinski definition) is 7. The number of esters is 1. The fraction of sp³-hybridized carbons (Fsp3) is 0.541. The second kappa shape index (κ2) is 16.6. The highest BCUT2D eigenvalue weighted by Crippen LogP contribution is 2.43. The maximum absolute atomic E-state index is 12.2. The molecule has 0 aromatic heterocycles. The Morgan fingerprint density at radius 2 is 1.98 bits per heavy atom. The molecule has 2 aromatic rings. The van der Waals surface area contributed by atoms with Crippen molar-refractivity contribution in [3.05, 3.63) is 70.8 Å². The number of carboxylic acids is 1. The van der Waals surface area contributed by atoms with Gasteiger partial charge in [-0.1, -0.05) is 55.3 Å². The second-order valence-electron chi connectivity index (χ2n) is 12.7. The van der Waals surface area contributed by atoms with Crippen LogP contribution in [0.1, 0.15) is 67.7 Å². The van der Waals surface area contributed by atoms with E-state index in [1.54, 1.807) is 18.9 Å². The Labute approximate surface area is 273 Å². The Balaban J connectivity index is 1.61. The van der Waals surface area contributed by atoms with Gasteiger partial charge in [-0.15, -0.1) is 0 Å². The van der Waals surface area contributed by atoms with Gasteiger partial charge in [0.15, 0.2) is 0 Å². The van der Waals surface area contributed by atoms with Gasteiger partial charge in [-0.25, -0.2) is 4.79 Å². The average Bonchev–Trinajstić information content (AvgIpc) is 3.19. The summed E-state index contributed by atoms with van der Waals surface area (Å²) in [6.45, 7) is 8.16. The number of nitrogens with zero attached hydrogens (tertiary/aromatic N) is 2. The van der Waals surface area contributed by atoms with Gasteiger partial charge in [-0.3, -0.25) is 9.59 Å². The molecular formula is C37H50N2O7. The van der Waals surface area contributed by atoms with E-state index >= 15 is 0 Å². The van der Waals surface area contributed by atoms with Crippen LogP contribution in [0.2, 0.25) is 0 Å². The van der Waals surface area contributed by atoms with Crippen LogP contribution in [0.15, 0.2) is 48.6 Å². The van der Waals surface area contributed by atoms with Gasteiger partial charge in [-0.05, 0) is 73.3 Å². The predicted molar refractivity (Wildman–Crippen MR) is 178 cm³/mol. The molecule has 4 rings (SSSR count). The zero-order valence-corrected chi connectivity index (χ0v) is 28.0. The number of ether oxygens (including phenoxy) is 3. The summed E-state index contributed by atoms with van der Waals surface area (Å²) in [5, 5.41) is 9.38. The highest BCUT2D eigenvalue weighted by atomic mass is 16.5. The lowest BCUT2D eigenvalue weighted by Crippen LogP contribution is -2.45. The molecule has 2 aromatic carbocycles. The Kier molecular flexibility index (Phi) is 12.7. The van der Waals surface area contributed by atoms with Gasteiger partial charge in [0, 0.05) is 39.5 Å². The van der Waals surface area contributed by atoms with Crippen LogP contribution in [0, 0.1) is 18.8 Å². The standard InChI is InChI=1S/C37H50N2O7/c1-6-9-28-18-25(2)11-14-31(28)30-22-39(33-19-27(20-37(43)44-5)12-16-35(33)45-23-30)21-29-13-15-32(29)34(46-24-36(41)42)10-7-8-17-38(4)26(3)40/h7,10-12,14,16,18-19,29-30,32,34H,6,8-9,13,15,17,20-24H2,1-5H3,(H,41,42)/b10-7+. The van der Waals surface area contributed by atoms with Crippen LogP contribution in [-0.2, 0) is 36.7 Å². The van der Waals surface area contributed by atoms with Crippen molar-refractivity contribution in [2.24, 2.45) is 11.8 Å². The van der Waals surface area contributed by atoms with Gasteiger partial charge >= 0.3 is 11.9 Å². The van der Waals surface area contributed by atoms with Gasteiger partial charge in [0.2, 0.25) is 5.91 Å². The summed E-state index contributed by atoms with van der Waals surface area (Å²) >= 11 is 0. The number of aliphatic carboxylic acids is 1. The normalized spacial score (nSPS) is 19.8. The topological polar surface area (TPSA) is 106 Å². The number of anilines is 1. The number of rotatable bonds is 15. The monoisotopic (exact) mass is 634 g/mol. The number of methoxy groups -OCH3 is 1. The first-order valence-corrected chi connectivity index (χ1v) is 16.5. The molecule has 1 amide bonds. The first kappa shape index (κ1) is 35.0. The molecule has 0 spiro atoms. The van der Waals surface area contributed by atoms with Crippen LogP contribution in [0.5, 0.6) is 5.75 Å². The third kappa shape index (κ3) is 9.34. The van der Waals surface area contributed by atoms with Crippen molar-refractivity contribution in [1.29, 1.82) is 0 Å². The number of aryl methyl sites for hydroxylation is 2. The summed E-state index contributed by atoms with van der Waals surface area (Å²) in [4.78, 5) is 39.3. The first-order chi connectivity index (χ1) is 22.1. The van der Waals surface area contributed by atoms with E-state index in [1.807, 2.05) is 30.4 Å². The summed E-state index contributed by atoms with van der Waals surface area (Å²) in [7, 11) is 3.17. The minimum absolute atomic E-state index is 0.00773. The minimum Gasteiger partial charge on any atom is -0.491 e. The molecule has 0 saturated heterocycles. The Bertz CT molecular complexity index is 1390. The molecule has 9 heteroatoms.